The fourth-order valence-corrected chi connectivity index (χ4v) is 2.35. The lowest BCUT2D eigenvalue weighted by molar-refractivity contribution is -0.137. The number of hydrogen-bond acceptors (Lipinski definition) is 6. The molecular weight excluding hydrogens is 272 g/mol. The van der Waals surface area contributed by atoms with Crippen LogP contribution in [0, 0.1) is 0 Å². The van der Waals surface area contributed by atoms with Crippen LogP contribution in [0.3, 0.4) is 0 Å². The largest absolute Gasteiger partial charge is 0.481 e. The Morgan fingerprint density at radius 2 is 2.16 bits per heavy atom. The minimum atomic E-state index is -0.889. The molecule has 0 unspecified atom stereocenters. The van der Waals surface area contributed by atoms with Crippen LogP contribution >= 0.6 is 11.3 Å². The minimum absolute atomic E-state index is 0.00453. The summed E-state index contributed by atoms with van der Waals surface area (Å²) in [6.07, 6.45) is 0.00453. The molecule has 1 heterocycles. The van der Waals surface area contributed by atoms with Crippen LogP contribution in [0.5, 0.6) is 0 Å². The predicted octanol–water partition coefficient (Wildman–Crippen LogP) is 0.520. The Balaban J connectivity index is 2.74. The summed E-state index contributed by atoms with van der Waals surface area (Å²) in [6.45, 7) is 2.57. The van der Waals surface area contributed by atoms with Crippen molar-refractivity contribution in [1.29, 1.82) is 0 Å². The fraction of sp³-hybridized carbons (Fsp3) is 0.545. The van der Waals surface area contributed by atoms with E-state index in [9.17, 15) is 14.4 Å². The third-order valence-electron chi connectivity index (χ3n) is 2.32. The van der Waals surface area contributed by atoms with Gasteiger partial charge in [0.15, 0.2) is 0 Å². The molecule has 106 valence electrons. The summed E-state index contributed by atoms with van der Waals surface area (Å²) in [6, 6.07) is 0. The first-order chi connectivity index (χ1) is 8.93. The monoisotopic (exact) mass is 288 g/mol. The number of H-pyrrole nitrogens is 1. The van der Waals surface area contributed by atoms with E-state index in [1.807, 2.05) is 0 Å². The van der Waals surface area contributed by atoms with Crippen molar-refractivity contribution < 1.29 is 19.4 Å². The van der Waals surface area contributed by atoms with Gasteiger partial charge in [0.2, 0.25) is 0 Å². The Bertz CT molecular complexity index is 507. The van der Waals surface area contributed by atoms with Crippen molar-refractivity contribution in [2.45, 2.75) is 19.9 Å². The van der Waals surface area contributed by atoms with Gasteiger partial charge < -0.3 is 19.7 Å². The van der Waals surface area contributed by atoms with Crippen molar-refractivity contribution in [3.63, 3.8) is 0 Å². The number of nitrogens with one attached hydrogen (secondary N) is 1. The van der Waals surface area contributed by atoms with Crippen molar-refractivity contribution in [3.8, 4) is 0 Å². The maximum Gasteiger partial charge on any atom is 0.356 e. The number of carbonyl (C=O) groups excluding carboxylic acids is 1. The summed E-state index contributed by atoms with van der Waals surface area (Å²) in [5, 5.41) is 8.59. The molecule has 19 heavy (non-hydrogen) atoms. The van der Waals surface area contributed by atoms with Crippen LogP contribution in [0.25, 0.3) is 0 Å². The number of thiazole rings is 1. The van der Waals surface area contributed by atoms with Crippen molar-refractivity contribution in [1.82, 2.24) is 9.88 Å². The van der Waals surface area contributed by atoms with Crippen LogP contribution in [0.15, 0.2) is 4.79 Å². The first-order valence-corrected chi connectivity index (χ1v) is 6.55. The Hall–Kier alpha value is -1.67. The quantitative estimate of drug-likeness (QED) is 0.710. The average molecular weight is 288 g/mol. The molecule has 0 aliphatic rings. The topological polar surface area (TPSA) is 99.7 Å². The maximum atomic E-state index is 11.6. The molecular formula is C11H16N2O5S. The Kier molecular flexibility index (Phi) is 5.71. The Morgan fingerprint density at radius 3 is 2.74 bits per heavy atom. The number of hydrogen-bond donors (Lipinski definition) is 2. The van der Waals surface area contributed by atoms with Gasteiger partial charge in [-0.1, -0.05) is 11.3 Å². The van der Waals surface area contributed by atoms with E-state index in [2.05, 4.69) is 4.98 Å². The van der Waals surface area contributed by atoms with Crippen LogP contribution in [0.2, 0.25) is 0 Å². The standard InChI is InChI=1S/C11H16N2O5S/c1-3-18-10(16)9-7(19-11(17)12-9)6-13(2)5-4-8(14)15/h3-6H2,1-2H3,(H,12,17)(H,14,15). The fourth-order valence-electron chi connectivity index (χ4n) is 1.45. The van der Waals surface area contributed by atoms with Crippen molar-refractivity contribution in [2.75, 3.05) is 20.2 Å². The van der Waals surface area contributed by atoms with Crippen molar-refractivity contribution >= 4 is 23.3 Å². The molecule has 0 aliphatic carbocycles. The van der Waals surface area contributed by atoms with Crippen LogP contribution in [0.4, 0.5) is 0 Å². The van der Waals surface area contributed by atoms with E-state index in [0.717, 1.165) is 11.3 Å². The number of carboxylic acids is 1. The smallest absolute Gasteiger partial charge is 0.356 e. The summed E-state index contributed by atoms with van der Waals surface area (Å²) in [7, 11) is 1.72. The third-order valence-corrected chi connectivity index (χ3v) is 3.19. The number of carbonyl (C=O) groups is 2. The van der Waals surface area contributed by atoms with Gasteiger partial charge in [0.05, 0.1) is 17.9 Å². The molecule has 0 spiro atoms. The third kappa shape index (κ3) is 4.84. The molecule has 0 saturated carbocycles. The van der Waals surface area contributed by atoms with E-state index >= 15 is 0 Å². The van der Waals surface area contributed by atoms with Gasteiger partial charge in [-0.25, -0.2) is 4.79 Å². The molecule has 1 rings (SSSR count). The van der Waals surface area contributed by atoms with Crippen molar-refractivity contribution in [3.05, 3.63) is 20.2 Å². The van der Waals surface area contributed by atoms with Gasteiger partial charge in [-0.15, -0.1) is 0 Å². The van der Waals surface area contributed by atoms with Crippen LogP contribution < -0.4 is 4.87 Å². The van der Waals surface area contributed by atoms with E-state index in [1.165, 1.54) is 0 Å². The molecule has 0 fully saturated rings. The summed E-state index contributed by atoms with van der Waals surface area (Å²) in [5.74, 6) is -1.46. The number of nitrogens with zero attached hydrogens (tertiary/aromatic N) is 1. The highest BCUT2D eigenvalue weighted by atomic mass is 32.1. The zero-order valence-electron chi connectivity index (χ0n) is 10.8. The second kappa shape index (κ2) is 7.05. The van der Waals surface area contributed by atoms with Crippen LogP contribution in [0.1, 0.15) is 28.7 Å². The number of ether oxygens (including phenoxy) is 1. The summed E-state index contributed by atoms with van der Waals surface area (Å²) in [5.41, 5.74) is 0.152. The van der Waals surface area contributed by atoms with Gasteiger partial charge in [0, 0.05) is 13.1 Å². The lowest BCUT2D eigenvalue weighted by Gasteiger charge is -2.14. The second-order valence-corrected chi connectivity index (χ2v) is 4.98. The number of aromatic amines is 1. The van der Waals surface area contributed by atoms with E-state index in [4.69, 9.17) is 9.84 Å². The van der Waals surface area contributed by atoms with E-state index < -0.39 is 11.9 Å². The van der Waals surface area contributed by atoms with E-state index in [1.54, 1.807) is 18.9 Å². The molecule has 0 atom stereocenters. The molecule has 1 aromatic heterocycles. The second-order valence-electron chi connectivity index (χ2n) is 3.91. The van der Waals surface area contributed by atoms with Gasteiger partial charge in [-0.3, -0.25) is 9.59 Å². The van der Waals surface area contributed by atoms with Gasteiger partial charge in [0.25, 0.3) is 0 Å². The van der Waals surface area contributed by atoms with Crippen LogP contribution in [-0.4, -0.2) is 47.1 Å². The molecule has 1 aromatic rings. The highest BCUT2D eigenvalue weighted by Gasteiger charge is 2.18. The molecule has 0 radical (unpaired) electrons. The Morgan fingerprint density at radius 1 is 1.47 bits per heavy atom. The first-order valence-electron chi connectivity index (χ1n) is 5.73. The maximum absolute atomic E-state index is 11.6. The highest BCUT2D eigenvalue weighted by molar-refractivity contribution is 7.09. The summed E-state index contributed by atoms with van der Waals surface area (Å²) in [4.78, 5) is 37.8. The lowest BCUT2D eigenvalue weighted by atomic mass is 10.3. The number of carboxylic acid groups (broad SMARTS) is 1. The summed E-state index contributed by atoms with van der Waals surface area (Å²) < 4.78 is 4.85. The van der Waals surface area contributed by atoms with Gasteiger partial charge in [0.1, 0.15) is 5.69 Å². The number of esters is 1. The first kappa shape index (κ1) is 15.4. The molecule has 7 nitrogen and oxygen atoms in total. The molecule has 8 heteroatoms. The predicted molar refractivity (Wildman–Crippen MR) is 69.5 cm³/mol. The zero-order chi connectivity index (χ0) is 14.4. The van der Waals surface area contributed by atoms with E-state index in [0.29, 0.717) is 18.0 Å². The molecule has 0 aromatic carbocycles. The minimum Gasteiger partial charge on any atom is -0.481 e. The molecule has 0 bridgehead atoms. The highest BCUT2D eigenvalue weighted by Crippen LogP contribution is 2.13. The van der Waals surface area contributed by atoms with Crippen molar-refractivity contribution in [2.24, 2.45) is 0 Å². The SMILES string of the molecule is CCOC(=O)c1[nH]c(=O)sc1CN(C)CCC(=O)O. The molecule has 0 aliphatic heterocycles. The average Bonchev–Trinajstić information content (AvgIpc) is 2.68. The van der Waals surface area contributed by atoms with Gasteiger partial charge in [-0.2, -0.15) is 0 Å². The Labute approximate surface area is 113 Å². The van der Waals surface area contributed by atoms with Gasteiger partial charge in [-0.05, 0) is 14.0 Å². The molecule has 0 saturated heterocycles. The molecule has 2 N–H and O–H groups in total. The summed E-state index contributed by atoms with van der Waals surface area (Å²) >= 11 is 0.930. The van der Waals surface area contributed by atoms with Crippen LogP contribution in [-0.2, 0) is 16.1 Å². The lowest BCUT2D eigenvalue weighted by Crippen LogP contribution is -2.22. The molecule has 0 amide bonds. The zero-order valence-corrected chi connectivity index (χ0v) is 11.6. The number of rotatable bonds is 7. The van der Waals surface area contributed by atoms with E-state index in [-0.39, 0.29) is 23.6 Å². The van der Waals surface area contributed by atoms with Gasteiger partial charge >= 0.3 is 16.8 Å². The normalized spacial score (nSPS) is 10.7. The number of aromatic nitrogens is 1. The number of aliphatic carboxylic acids is 1.